The molecule has 1 fully saturated rings. The smallest absolute Gasteiger partial charge is 0.272 e. The largest absolute Gasteiger partial charge is 0.356 e. The zero-order chi connectivity index (χ0) is 15.4. The fraction of sp³-hybridized carbons (Fsp3) is 0.667. The molecule has 3 rings (SSSR count). The lowest BCUT2D eigenvalue weighted by molar-refractivity contribution is -0.127. The van der Waals surface area contributed by atoms with Gasteiger partial charge in [0, 0.05) is 49.8 Å². The number of amides is 2. The maximum absolute atomic E-state index is 12.1. The highest BCUT2D eigenvalue weighted by atomic mass is 35.5. The SMILES string of the molecule is Cl.O=C(NCCCNC(=O)C1CCC1)c1n[nH]c2c1CNCC2. The predicted octanol–water partition coefficient (Wildman–Crippen LogP) is 0.513. The van der Waals surface area contributed by atoms with Crippen molar-refractivity contribution >= 4 is 24.2 Å². The molecule has 0 saturated heterocycles. The van der Waals surface area contributed by atoms with Crippen molar-refractivity contribution in [3.63, 3.8) is 0 Å². The highest BCUT2D eigenvalue weighted by molar-refractivity contribution is 5.94. The van der Waals surface area contributed by atoms with Gasteiger partial charge in [-0.1, -0.05) is 6.42 Å². The second-order valence-corrected chi connectivity index (χ2v) is 5.98. The Morgan fingerprint density at radius 2 is 2.00 bits per heavy atom. The predicted molar refractivity (Wildman–Crippen MR) is 88.5 cm³/mol. The zero-order valence-corrected chi connectivity index (χ0v) is 13.9. The maximum Gasteiger partial charge on any atom is 0.272 e. The molecule has 4 N–H and O–H groups in total. The van der Waals surface area contributed by atoms with E-state index in [1.165, 1.54) is 0 Å². The van der Waals surface area contributed by atoms with E-state index in [2.05, 4.69) is 26.1 Å². The van der Waals surface area contributed by atoms with Crippen LogP contribution in [-0.4, -0.2) is 41.6 Å². The van der Waals surface area contributed by atoms with E-state index < -0.39 is 0 Å². The molecule has 0 atom stereocenters. The Morgan fingerprint density at radius 1 is 1.22 bits per heavy atom. The van der Waals surface area contributed by atoms with Gasteiger partial charge in [0.25, 0.3) is 5.91 Å². The van der Waals surface area contributed by atoms with Crippen LogP contribution in [0.4, 0.5) is 0 Å². The molecule has 0 bridgehead atoms. The molecule has 1 aromatic heterocycles. The van der Waals surface area contributed by atoms with E-state index in [1.54, 1.807) is 0 Å². The number of aromatic nitrogens is 2. The molecule has 8 heteroatoms. The second-order valence-electron chi connectivity index (χ2n) is 5.98. The number of nitrogens with one attached hydrogen (secondary N) is 4. The highest BCUT2D eigenvalue weighted by Crippen LogP contribution is 2.26. The summed E-state index contributed by atoms with van der Waals surface area (Å²) in [5.74, 6) is 0.231. The lowest BCUT2D eigenvalue weighted by Crippen LogP contribution is -2.36. The lowest BCUT2D eigenvalue weighted by atomic mass is 9.85. The van der Waals surface area contributed by atoms with Crippen LogP contribution >= 0.6 is 12.4 Å². The van der Waals surface area contributed by atoms with Crippen LogP contribution in [0.25, 0.3) is 0 Å². The van der Waals surface area contributed by atoms with Gasteiger partial charge in [-0.2, -0.15) is 5.10 Å². The number of fused-ring (bicyclic) bond motifs is 1. The van der Waals surface area contributed by atoms with Gasteiger partial charge in [-0.15, -0.1) is 12.4 Å². The van der Waals surface area contributed by atoms with Gasteiger partial charge in [-0.3, -0.25) is 14.7 Å². The van der Waals surface area contributed by atoms with E-state index in [1.807, 2.05) is 0 Å². The van der Waals surface area contributed by atoms with E-state index >= 15 is 0 Å². The molecule has 2 heterocycles. The molecule has 1 aromatic rings. The Bertz CT molecular complexity index is 556. The van der Waals surface area contributed by atoms with Crippen molar-refractivity contribution in [2.75, 3.05) is 19.6 Å². The molecule has 7 nitrogen and oxygen atoms in total. The van der Waals surface area contributed by atoms with Gasteiger partial charge in [0.15, 0.2) is 5.69 Å². The van der Waals surface area contributed by atoms with Gasteiger partial charge in [0.05, 0.1) is 0 Å². The number of nitrogens with zero attached hydrogens (tertiary/aromatic N) is 1. The fourth-order valence-electron chi connectivity index (χ4n) is 2.81. The molecule has 1 aliphatic carbocycles. The van der Waals surface area contributed by atoms with Gasteiger partial charge < -0.3 is 16.0 Å². The number of carbonyl (C=O) groups is 2. The van der Waals surface area contributed by atoms with Crippen molar-refractivity contribution in [3.8, 4) is 0 Å². The minimum atomic E-state index is -0.147. The molecule has 2 aliphatic rings. The third-order valence-corrected chi connectivity index (χ3v) is 4.44. The van der Waals surface area contributed by atoms with Crippen molar-refractivity contribution in [2.45, 2.75) is 38.6 Å². The second kappa shape index (κ2) is 8.31. The summed E-state index contributed by atoms with van der Waals surface area (Å²) in [5, 5.41) is 16.1. The molecular formula is C15H24ClN5O2. The number of hydrogen-bond donors (Lipinski definition) is 4. The monoisotopic (exact) mass is 341 g/mol. The molecular weight excluding hydrogens is 318 g/mol. The summed E-state index contributed by atoms with van der Waals surface area (Å²) in [4.78, 5) is 23.8. The standard InChI is InChI=1S/C15H23N5O2.ClH/c21-14(10-3-1-4-10)17-6-2-7-18-15(22)13-11-9-16-8-5-12(11)19-20-13;/h10,16H,1-9H2,(H,17,21)(H,18,22)(H,19,20);1H. The van der Waals surface area contributed by atoms with Gasteiger partial charge in [0.2, 0.25) is 5.91 Å². The molecule has 0 radical (unpaired) electrons. The van der Waals surface area contributed by atoms with Crippen LogP contribution in [0.2, 0.25) is 0 Å². The van der Waals surface area contributed by atoms with Crippen molar-refractivity contribution in [1.29, 1.82) is 0 Å². The number of aromatic amines is 1. The Morgan fingerprint density at radius 3 is 2.74 bits per heavy atom. The Balaban J connectivity index is 0.00000192. The molecule has 0 spiro atoms. The number of hydrogen-bond acceptors (Lipinski definition) is 4. The third kappa shape index (κ3) is 4.23. The first kappa shape index (κ1) is 17.7. The molecule has 0 unspecified atom stereocenters. The molecule has 128 valence electrons. The summed E-state index contributed by atoms with van der Waals surface area (Å²) in [7, 11) is 0. The maximum atomic E-state index is 12.1. The van der Waals surface area contributed by atoms with Crippen molar-refractivity contribution < 1.29 is 9.59 Å². The van der Waals surface area contributed by atoms with E-state index in [-0.39, 0.29) is 30.1 Å². The van der Waals surface area contributed by atoms with Crippen molar-refractivity contribution in [1.82, 2.24) is 26.1 Å². The first-order chi connectivity index (χ1) is 10.8. The minimum absolute atomic E-state index is 0. The summed E-state index contributed by atoms with van der Waals surface area (Å²) in [6.45, 7) is 2.75. The quantitative estimate of drug-likeness (QED) is 0.567. The summed E-state index contributed by atoms with van der Waals surface area (Å²) in [6, 6.07) is 0. The van der Waals surface area contributed by atoms with Crippen LogP contribution in [0.3, 0.4) is 0 Å². The minimum Gasteiger partial charge on any atom is -0.356 e. The molecule has 1 saturated carbocycles. The number of rotatable bonds is 6. The van der Waals surface area contributed by atoms with Gasteiger partial charge in [-0.25, -0.2) is 0 Å². The first-order valence-electron chi connectivity index (χ1n) is 8.08. The summed E-state index contributed by atoms with van der Waals surface area (Å²) < 4.78 is 0. The van der Waals surface area contributed by atoms with E-state index in [0.29, 0.717) is 25.3 Å². The van der Waals surface area contributed by atoms with Gasteiger partial charge >= 0.3 is 0 Å². The average Bonchev–Trinajstić information content (AvgIpc) is 2.89. The normalized spacial score (nSPS) is 16.7. The molecule has 2 amide bonds. The molecule has 0 aromatic carbocycles. The summed E-state index contributed by atoms with van der Waals surface area (Å²) in [5.41, 5.74) is 2.51. The lowest BCUT2D eigenvalue weighted by Gasteiger charge is -2.23. The molecule has 1 aliphatic heterocycles. The van der Waals surface area contributed by atoms with Gasteiger partial charge in [0.1, 0.15) is 0 Å². The Labute approximate surface area is 141 Å². The van der Waals surface area contributed by atoms with Gasteiger partial charge in [-0.05, 0) is 19.3 Å². The Kier molecular flexibility index (Phi) is 6.41. The van der Waals surface area contributed by atoms with Crippen LogP contribution in [0, 0.1) is 5.92 Å². The van der Waals surface area contributed by atoms with E-state index in [4.69, 9.17) is 0 Å². The fourth-order valence-corrected chi connectivity index (χ4v) is 2.81. The number of halogens is 1. The molecule has 23 heavy (non-hydrogen) atoms. The average molecular weight is 342 g/mol. The summed E-state index contributed by atoms with van der Waals surface area (Å²) in [6.07, 6.45) is 4.80. The zero-order valence-electron chi connectivity index (χ0n) is 13.1. The first-order valence-corrected chi connectivity index (χ1v) is 8.08. The van der Waals surface area contributed by atoms with Crippen LogP contribution in [0.5, 0.6) is 0 Å². The number of carbonyl (C=O) groups excluding carboxylic acids is 2. The number of H-pyrrole nitrogens is 1. The van der Waals surface area contributed by atoms with E-state index in [9.17, 15) is 9.59 Å². The van der Waals surface area contributed by atoms with Crippen molar-refractivity contribution in [3.05, 3.63) is 17.0 Å². The van der Waals surface area contributed by atoms with E-state index in [0.717, 1.165) is 49.9 Å². The topological polar surface area (TPSA) is 98.9 Å². The van der Waals surface area contributed by atoms with Crippen molar-refractivity contribution in [2.24, 2.45) is 5.92 Å². The van der Waals surface area contributed by atoms with Crippen LogP contribution in [0.15, 0.2) is 0 Å². The third-order valence-electron chi connectivity index (χ3n) is 4.44. The van der Waals surface area contributed by atoms with Crippen LogP contribution < -0.4 is 16.0 Å². The highest BCUT2D eigenvalue weighted by Gasteiger charge is 2.24. The summed E-state index contributed by atoms with van der Waals surface area (Å²) >= 11 is 0. The van der Waals surface area contributed by atoms with Crippen LogP contribution in [-0.2, 0) is 17.8 Å². The van der Waals surface area contributed by atoms with Crippen LogP contribution in [0.1, 0.15) is 47.4 Å². The Hall–Kier alpha value is -1.60.